The Bertz CT molecular complexity index is 689. The Morgan fingerprint density at radius 3 is 2.57 bits per heavy atom. The van der Waals surface area contributed by atoms with Crippen molar-refractivity contribution in [2.24, 2.45) is 5.73 Å². The van der Waals surface area contributed by atoms with Crippen LogP contribution in [0, 0.1) is 6.92 Å². The van der Waals surface area contributed by atoms with Crippen molar-refractivity contribution in [1.29, 1.82) is 0 Å². The minimum atomic E-state index is -0.600. The number of hydrogen-bond donors (Lipinski definition) is 2. The van der Waals surface area contributed by atoms with Crippen LogP contribution >= 0.6 is 0 Å². The second-order valence-electron chi connectivity index (χ2n) is 5.03. The highest BCUT2D eigenvalue weighted by molar-refractivity contribution is 6.09. The average Bonchev–Trinajstić information content (AvgIpc) is 2.81. The number of anilines is 1. The number of nitrogens with one attached hydrogen (secondary N) is 1. The molecule has 0 aliphatic heterocycles. The van der Waals surface area contributed by atoms with Gasteiger partial charge in [-0.2, -0.15) is 0 Å². The number of carbonyl (C=O) groups is 2. The maximum atomic E-state index is 12.4. The lowest BCUT2D eigenvalue weighted by molar-refractivity contribution is 0.100. The number of rotatable bonds is 4. The third kappa shape index (κ3) is 2.94. The molecule has 0 saturated carbocycles. The quantitative estimate of drug-likeness (QED) is 0.902. The van der Waals surface area contributed by atoms with Gasteiger partial charge in [0.1, 0.15) is 5.56 Å². The van der Waals surface area contributed by atoms with Crippen LogP contribution in [0.5, 0.6) is 0 Å². The summed E-state index contributed by atoms with van der Waals surface area (Å²) in [7, 11) is 0. The molecule has 3 N–H and O–H groups in total. The highest BCUT2D eigenvalue weighted by Gasteiger charge is 2.23. The Labute approximate surface area is 122 Å². The number of carbonyl (C=O) groups excluding carboxylic acids is 2. The van der Waals surface area contributed by atoms with E-state index in [0.717, 1.165) is 0 Å². The van der Waals surface area contributed by atoms with E-state index >= 15 is 0 Å². The standard InChI is InChI=1S/C15H17N3O3/c1-8(2)13-12(9(3)18-21-13)15(20)17-11-7-5-4-6-10(11)14(16)19/h4-8H,1-3H3,(H2,16,19)(H,17,20). The lowest BCUT2D eigenvalue weighted by atomic mass is 10.0. The third-order valence-corrected chi connectivity index (χ3v) is 3.08. The lowest BCUT2D eigenvalue weighted by Crippen LogP contribution is -2.19. The topological polar surface area (TPSA) is 98.2 Å². The van der Waals surface area contributed by atoms with E-state index in [1.807, 2.05) is 13.8 Å². The molecular weight excluding hydrogens is 270 g/mol. The van der Waals surface area contributed by atoms with E-state index in [0.29, 0.717) is 22.7 Å². The van der Waals surface area contributed by atoms with E-state index in [1.54, 1.807) is 31.2 Å². The molecule has 2 rings (SSSR count). The van der Waals surface area contributed by atoms with Crippen LogP contribution in [0.25, 0.3) is 0 Å². The SMILES string of the molecule is Cc1noc(C(C)C)c1C(=O)Nc1ccccc1C(N)=O. The highest BCUT2D eigenvalue weighted by atomic mass is 16.5. The number of hydrogen-bond acceptors (Lipinski definition) is 4. The highest BCUT2D eigenvalue weighted by Crippen LogP contribution is 2.24. The van der Waals surface area contributed by atoms with Gasteiger partial charge in [-0.25, -0.2) is 0 Å². The third-order valence-electron chi connectivity index (χ3n) is 3.08. The van der Waals surface area contributed by atoms with Gasteiger partial charge in [-0.3, -0.25) is 9.59 Å². The zero-order valence-corrected chi connectivity index (χ0v) is 12.1. The first-order chi connectivity index (χ1) is 9.91. The summed E-state index contributed by atoms with van der Waals surface area (Å²) >= 11 is 0. The second kappa shape index (κ2) is 5.78. The number of primary amides is 1. The Morgan fingerprint density at radius 1 is 1.29 bits per heavy atom. The summed E-state index contributed by atoms with van der Waals surface area (Å²) in [5.41, 5.74) is 6.82. The fourth-order valence-electron chi connectivity index (χ4n) is 2.05. The van der Waals surface area contributed by atoms with Crippen LogP contribution in [0.4, 0.5) is 5.69 Å². The molecule has 0 fully saturated rings. The molecule has 0 aliphatic rings. The molecule has 0 aliphatic carbocycles. The van der Waals surface area contributed by atoms with Crippen molar-refractivity contribution in [3.8, 4) is 0 Å². The molecular formula is C15H17N3O3. The van der Waals surface area contributed by atoms with Crippen LogP contribution in [0.3, 0.4) is 0 Å². The lowest BCUT2D eigenvalue weighted by Gasteiger charge is -2.09. The Hall–Kier alpha value is -2.63. The predicted octanol–water partition coefficient (Wildman–Crippen LogP) is 2.46. The zero-order chi connectivity index (χ0) is 15.6. The summed E-state index contributed by atoms with van der Waals surface area (Å²) in [4.78, 5) is 23.8. The van der Waals surface area contributed by atoms with Crippen LogP contribution in [0.1, 0.15) is 51.9 Å². The molecule has 0 bridgehead atoms. The van der Waals surface area contributed by atoms with Crippen molar-refractivity contribution >= 4 is 17.5 Å². The molecule has 0 unspecified atom stereocenters. The van der Waals surface area contributed by atoms with Crippen molar-refractivity contribution in [3.05, 3.63) is 46.8 Å². The van der Waals surface area contributed by atoms with Gasteiger partial charge < -0.3 is 15.6 Å². The van der Waals surface area contributed by atoms with Gasteiger partial charge in [0.2, 0.25) is 0 Å². The molecule has 21 heavy (non-hydrogen) atoms. The number of aryl methyl sites for hydroxylation is 1. The number of aromatic nitrogens is 1. The van der Waals surface area contributed by atoms with Crippen LogP contribution in [0.2, 0.25) is 0 Å². The van der Waals surface area contributed by atoms with Gasteiger partial charge in [0, 0.05) is 5.92 Å². The minimum absolute atomic E-state index is 0.0262. The van der Waals surface area contributed by atoms with Gasteiger partial charge >= 0.3 is 0 Å². The minimum Gasteiger partial charge on any atom is -0.366 e. The first-order valence-corrected chi connectivity index (χ1v) is 6.58. The van der Waals surface area contributed by atoms with E-state index in [1.165, 1.54) is 0 Å². The van der Waals surface area contributed by atoms with Gasteiger partial charge in [-0.1, -0.05) is 31.1 Å². The van der Waals surface area contributed by atoms with E-state index < -0.39 is 5.91 Å². The van der Waals surface area contributed by atoms with Gasteiger partial charge in [-0.15, -0.1) is 0 Å². The average molecular weight is 287 g/mol. The largest absolute Gasteiger partial charge is 0.366 e. The summed E-state index contributed by atoms with van der Waals surface area (Å²) in [5, 5.41) is 6.52. The molecule has 0 atom stereocenters. The molecule has 1 heterocycles. The molecule has 6 nitrogen and oxygen atoms in total. The zero-order valence-electron chi connectivity index (χ0n) is 12.1. The van der Waals surface area contributed by atoms with Gasteiger partial charge in [0.25, 0.3) is 11.8 Å². The second-order valence-corrected chi connectivity index (χ2v) is 5.03. The van der Waals surface area contributed by atoms with E-state index in [4.69, 9.17) is 10.3 Å². The first kappa shape index (κ1) is 14.8. The normalized spacial score (nSPS) is 10.7. The molecule has 0 radical (unpaired) electrons. The predicted molar refractivity (Wildman–Crippen MR) is 78.2 cm³/mol. The molecule has 2 aromatic rings. The van der Waals surface area contributed by atoms with Crippen LogP contribution < -0.4 is 11.1 Å². The van der Waals surface area contributed by atoms with E-state index in [9.17, 15) is 9.59 Å². The summed E-state index contributed by atoms with van der Waals surface area (Å²) in [6, 6.07) is 6.57. The molecule has 1 aromatic carbocycles. The maximum Gasteiger partial charge on any atom is 0.261 e. The van der Waals surface area contributed by atoms with Gasteiger partial charge in [0.15, 0.2) is 5.76 Å². The van der Waals surface area contributed by atoms with Crippen molar-refractivity contribution in [3.63, 3.8) is 0 Å². The molecule has 110 valence electrons. The first-order valence-electron chi connectivity index (χ1n) is 6.58. The number of amides is 2. The maximum absolute atomic E-state index is 12.4. The summed E-state index contributed by atoms with van der Waals surface area (Å²) < 4.78 is 5.19. The number of nitrogens with two attached hydrogens (primary N) is 1. The number of para-hydroxylation sites is 1. The van der Waals surface area contributed by atoms with E-state index in [2.05, 4.69) is 10.5 Å². The fourth-order valence-corrected chi connectivity index (χ4v) is 2.05. The van der Waals surface area contributed by atoms with Crippen molar-refractivity contribution in [2.75, 3.05) is 5.32 Å². The Morgan fingerprint density at radius 2 is 1.95 bits per heavy atom. The van der Waals surface area contributed by atoms with Crippen molar-refractivity contribution < 1.29 is 14.1 Å². The van der Waals surface area contributed by atoms with Crippen LogP contribution in [-0.2, 0) is 0 Å². The molecule has 1 aromatic heterocycles. The van der Waals surface area contributed by atoms with Gasteiger partial charge in [-0.05, 0) is 19.1 Å². The summed E-state index contributed by atoms with van der Waals surface area (Å²) in [6.07, 6.45) is 0. The monoisotopic (exact) mass is 287 g/mol. The smallest absolute Gasteiger partial charge is 0.261 e. The Balaban J connectivity index is 2.35. The number of benzene rings is 1. The summed E-state index contributed by atoms with van der Waals surface area (Å²) in [5.74, 6) is -0.428. The van der Waals surface area contributed by atoms with Crippen molar-refractivity contribution in [1.82, 2.24) is 5.16 Å². The van der Waals surface area contributed by atoms with Crippen LogP contribution in [-0.4, -0.2) is 17.0 Å². The van der Waals surface area contributed by atoms with E-state index in [-0.39, 0.29) is 17.4 Å². The molecule has 0 spiro atoms. The number of nitrogens with zero attached hydrogens (tertiary/aromatic N) is 1. The molecule has 0 saturated heterocycles. The van der Waals surface area contributed by atoms with Crippen LogP contribution in [0.15, 0.2) is 28.8 Å². The van der Waals surface area contributed by atoms with Gasteiger partial charge in [0.05, 0.1) is 16.9 Å². The fraction of sp³-hybridized carbons (Fsp3) is 0.267. The van der Waals surface area contributed by atoms with Crippen molar-refractivity contribution in [2.45, 2.75) is 26.7 Å². The Kier molecular flexibility index (Phi) is 4.07. The molecule has 2 amide bonds. The summed E-state index contributed by atoms with van der Waals surface area (Å²) in [6.45, 7) is 5.52. The molecule has 6 heteroatoms.